The zero-order chi connectivity index (χ0) is 18.4. The highest BCUT2D eigenvalue weighted by molar-refractivity contribution is 7.07. The Kier molecular flexibility index (Phi) is 6.01. The van der Waals surface area contributed by atoms with Gasteiger partial charge in [0.2, 0.25) is 0 Å². The highest BCUT2D eigenvalue weighted by Crippen LogP contribution is 2.09. The minimum Gasteiger partial charge on any atom is -0.349 e. The van der Waals surface area contributed by atoms with Gasteiger partial charge in [-0.3, -0.25) is 0 Å². The predicted molar refractivity (Wildman–Crippen MR) is 106 cm³/mol. The van der Waals surface area contributed by atoms with Crippen molar-refractivity contribution >= 4 is 17.3 Å². The number of nitrogens with one attached hydrogen (secondary N) is 1. The molecule has 26 heavy (non-hydrogen) atoms. The third-order valence-corrected chi connectivity index (χ3v) is 4.94. The van der Waals surface area contributed by atoms with Gasteiger partial charge in [-0.05, 0) is 34.9 Å². The van der Waals surface area contributed by atoms with Crippen molar-refractivity contribution in [3.8, 4) is 0 Å². The Balaban J connectivity index is 1.72. The maximum absolute atomic E-state index is 4.80. The van der Waals surface area contributed by atoms with Gasteiger partial charge in [-0.1, -0.05) is 30.3 Å². The molecular weight excluding hydrogens is 344 g/mol. The van der Waals surface area contributed by atoms with Crippen molar-refractivity contribution in [2.45, 2.75) is 26.6 Å². The van der Waals surface area contributed by atoms with E-state index in [1.54, 1.807) is 11.3 Å². The second kappa shape index (κ2) is 8.62. The molecule has 6 nitrogen and oxygen atoms in total. The van der Waals surface area contributed by atoms with Crippen molar-refractivity contribution < 1.29 is 0 Å². The van der Waals surface area contributed by atoms with Crippen LogP contribution in [-0.2, 0) is 26.7 Å². The molecule has 0 aliphatic rings. The molecule has 0 fully saturated rings. The molecule has 0 bridgehead atoms. The van der Waals surface area contributed by atoms with Gasteiger partial charge < -0.3 is 14.8 Å². The number of thiophene rings is 1. The Labute approximate surface area is 158 Å². The highest BCUT2D eigenvalue weighted by atomic mass is 32.1. The first-order valence-corrected chi connectivity index (χ1v) is 9.47. The molecule has 0 radical (unpaired) electrons. The summed E-state index contributed by atoms with van der Waals surface area (Å²) in [5.41, 5.74) is 2.46. The van der Waals surface area contributed by atoms with E-state index >= 15 is 0 Å². The Morgan fingerprint density at radius 3 is 2.65 bits per heavy atom. The standard InChI is InChI=1S/C19H24N6S/c1-15-22-23-18(25(15)3)12-21-19(20-11-16-7-5-4-6-8-16)24(2)13-17-9-10-26-14-17/h4-10,14H,11-13H2,1-3H3,(H,20,21). The summed E-state index contributed by atoms with van der Waals surface area (Å²) in [4.78, 5) is 6.94. The summed E-state index contributed by atoms with van der Waals surface area (Å²) in [6.07, 6.45) is 0. The third-order valence-electron chi connectivity index (χ3n) is 4.20. The average Bonchev–Trinajstić information content (AvgIpc) is 3.27. The van der Waals surface area contributed by atoms with Crippen LogP contribution in [0.4, 0.5) is 0 Å². The van der Waals surface area contributed by atoms with E-state index in [4.69, 9.17) is 4.99 Å². The van der Waals surface area contributed by atoms with Gasteiger partial charge in [-0.25, -0.2) is 4.99 Å². The predicted octanol–water partition coefficient (Wildman–Crippen LogP) is 2.96. The fraction of sp³-hybridized carbons (Fsp3) is 0.316. The van der Waals surface area contributed by atoms with E-state index in [9.17, 15) is 0 Å². The molecule has 1 aromatic carbocycles. The van der Waals surface area contributed by atoms with Gasteiger partial charge in [-0.15, -0.1) is 10.2 Å². The van der Waals surface area contributed by atoms with Gasteiger partial charge in [0.25, 0.3) is 0 Å². The fourth-order valence-electron chi connectivity index (χ4n) is 2.56. The summed E-state index contributed by atoms with van der Waals surface area (Å²) in [5, 5.41) is 16.0. The molecule has 0 unspecified atom stereocenters. The van der Waals surface area contributed by atoms with Crippen LogP contribution < -0.4 is 5.32 Å². The molecule has 136 valence electrons. The smallest absolute Gasteiger partial charge is 0.194 e. The van der Waals surface area contributed by atoms with Crippen LogP contribution in [0.15, 0.2) is 52.2 Å². The normalized spacial score (nSPS) is 11.6. The largest absolute Gasteiger partial charge is 0.349 e. The average molecular weight is 369 g/mol. The van der Waals surface area contributed by atoms with E-state index in [0.29, 0.717) is 13.1 Å². The molecule has 3 rings (SSSR count). The number of guanidine groups is 1. The monoisotopic (exact) mass is 368 g/mol. The second-order valence-corrected chi connectivity index (χ2v) is 6.97. The summed E-state index contributed by atoms with van der Waals surface area (Å²) in [6.45, 7) is 3.97. The summed E-state index contributed by atoms with van der Waals surface area (Å²) in [5.74, 6) is 2.63. The van der Waals surface area contributed by atoms with E-state index in [2.05, 4.69) is 56.4 Å². The van der Waals surface area contributed by atoms with Crippen molar-refractivity contribution in [2.75, 3.05) is 7.05 Å². The Morgan fingerprint density at radius 2 is 2.00 bits per heavy atom. The fourth-order valence-corrected chi connectivity index (χ4v) is 3.22. The molecule has 3 aromatic rings. The summed E-state index contributed by atoms with van der Waals surface area (Å²) in [7, 11) is 4.03. The molecule has 0 aliphatic carbocycles. The van der Waals surface area contributed by atoms with Gasteiger partial charge in [-0.2, -0.15) is 11.3 Å². The number of aryl methyl sites for hydroxylation is 1. The quantitative estimate of drug-likeness (QED) is 0.537. The number of rotatable bonds is 6. The summed E-state index contributed by atoms with van der Waals surface area (Å²) in [6, 6.07) is 12.4. The van der Waals surface area contributed by atoms with E-state index in [1.807, 2.05) is 36.7 Å². The molecule has 0 aliphatic heterocycles. The topological polar surface area (TPSA) is 58.3 Å². The molecule has 0 saturated carbocycles. The van der Waals surface area contributed by atoms with Crippen LogP contribution in [0.5, 0.6) is 0 Å². The number of nitrogens with zero attached hydrogens (tertiary/aromatic N) is 5. The van der Waals surface area contributed by atoms with Gasteiger partial charge in [0, 0.05) is 20.6 Å². The lowest BCUT2D eigenvalue weighted by atomic mass is 10.2. The van der Waals surface area contributed by atoms with E-state index < -0.39 is 0 Å². The number of hydrogen-bond acceptors (Lipinski definition) is 4. The molecule has 7 heteroatoms. The van der Waals surface area contributed by atoms with Crippen molar-refractivity contribution in [1.29, 1.82) is 0 Å². The molecule has 1 N–H and O–H groups in total. The van der Waals surface area contributed by atoms with Crippen LogP contribution in [0.25, 0.3) is 0 Å². The lowest BCUT2D eigenvalue weighted by molar-refractivity contribution is 0.473. The van der Waals surface area contributed by atoms with E-state index in [1.165, 1.54) is 11.1 Å². The zero-order valence-corrected chi connectivity index (χ0v) is 16.2. The maximum atomic E-state index is 4.80. The third kappa shape index (κ3) is 4.70. The zero-order valence-electron chi connectivity index (χ0n) is 15.4. The molecular formula is C19H24N6S. The van der Waals surface area contributed by atoms with Crippen molar-refractivity contribution in [3.63, 3.8) is 0 Å². The van der Waals surface area contributed by atoms with Crippen molar-refractivity contribution in [1.82, 2.24) is 25.0 Å². The lowest BCUT2D eigenvalue weighted by Crippen LogP contribution is -2.38. The van der Waals surface area contributed by atoms with Gasteiger partial charge in [0.1, 0.15) is 5.82 Å². The molecule has 2 heterocycles. The summed E-state index contributed by atoms with van der Waals surface area (Å²) < 4.78 is 1.99. The second-order valence-electron chi connectivity index (χ2n) is 6.19. The van der Waals surface area contributed by atoms with Crippen LogP contribution in [0.3, 0.4) is 0 Å². The van der Waals surface area contributed by atoms with Crippen molar-refractivity contribution in [3.05, 3.63) is 69.9 Å². The Morgan fingerprint density at radius 1 is 1.19 bits per heavy atom. The van der Waals surface area contributed by atoms with Gasteiger partial charge in [0.15, 0.2) is 11.8 Å². The first-order chi connectivity index (χ1) is 12.6. The van der Waals surface area contributed by atoms with Crippen LogP contribution in [-0.4, -0.2) is 32.7 Å². The van der Waals surface area contributed by atoms with E-state index in [-0.39, 0.29) is 0 Å². The van der Waals surface area contributed by atoms with E-state index in [0.717, 1.165) is 24.2 Å². The molecule has 2 aromatic heterocycles. The number of aliphatic imine (C=N–C) groups is 1. The highest BCUT2D eigenvalue weighted by Gasteiger charge is 2.10. The Hall–Kier alpha value is -2.67. The number of aromatic nitrogens is 3. The lowest BCUT2D eigenvalue weighted by Gasteiger charge is -2.22. The number of hydrogen-bond donors (Lipinski definition) is 1. The SMILES string of the molecule is Cc1nnc(CNC(=NCc2ccccc2)N(C)Cc2ccsc2)n1C. The molecule has 0 atom stereocenters. The van der Waals surface area contributed by atoms with Crippen molar-refractivity contribution in [2.24, 2.45) is 12.0 Å². The Bertz CT molecular complexity index is 838. The molecule has 0 spiro atoms. The first-order valence-electron chi connectivity index (χ1n) is 8.53. The van der Waals surface area contributed by atoms with Crippen LogP contribution >= 0.6 is 11.3 Å². The minimum absolute atomic E-state index is 0.582. The minimum atomic E-state index is 0.582. The molecule has 0 saturated heterocycles. The first kappa shape index (κ1) is 18.1. The maximum Gasteiger partial charge on any atom is 0.194 e. The van der Waals surface area contributed by atoms with Gasteiger partial charge >= 0.3 is 0 Å². The van der Waals surface area contributed by atoms with Crippen LogP contribution in [0.2, 0.25) is 0 Å². The number of benzene rings is 1. The summed E-state index contributed by atoms with van der Waals surface area (Å²) >= 11 is 1.71. The van der Waals surface area contributed by atoms with Crippen LogP contribution in [0, 0.1) is 6.92 Å². The van der Waals surface area contributed by atoms with Crippen LogP contribution in [0.1, 0.15) is 22.8 Å². The molecule has 0 amide bonds. The van der Waals surface area contributed by atoms with Gasteiger partial charge in [0.05, 0.1) is 13.1 Å².